The molecule has 0 fully saturated rings. The minimum absolute atomic E-state index is 0.148. The first-order valence-corrected chi connectivity index (χ1v) is 10.4. The van der Waals surface area contributed by atoms with Crippen molar-refractivity contribution in [3.05, 3.63) is 72.8 Å². The standard InChI is InChI=1S/C20H19N9OS/c1-2-11-28-18(13-29-17-6-4-3-5-16(17)23-27-29)24-26-20(28)31-14-19(30)25-22-12-15-7-9-21-10-8-15/h2-10,12H,1,11,13-14H2,(H,25,30). The molecule has 0 aliphatic carbocycles. The number of fused-ring (bicyclic) bond motifs is 1. The number of carbonyl (C=O) groups is 1. The van der Waals surface area contributed by atoms with E-state index < -0.39 is 0 Å². The Bertz CT molecular complexity index is 1220. The number of allylic oxidation sites excluding steroid dienone is 1. The smallest absolute Gasteiger partial charge is 0.250 e. The van der Waals surface area contributed by atoms with Gasteiger partial charge in [0.2, 0.25) is 0 Å². The first-order valence-electron chi connectivity index (χ1n) is 9.40. The van der Waals surface area contributed by atoms with Crippen LogP contribution in [-0.4, -0.2) is 52.6 Å². The van der Waals surface area contributed by atoms with E-state index >= 15 is 0 Å². The van der Waals surface area contributed by atoms with Crippen LogP contribution in [0.1, 0.15) is 11.4 Å². The van der Waals surface area contributed by atoms with E-state index in [1.807, 2.05) is 28.8 Å². The van der Waals surface area contributed by atoms with Gasteiger partial charge in [-0.2, -0.15) is 5.10 Å². The number of hydrogen-bond donors (Lipinski definition) is 1. The van der Waals surface area contributed by atoms with E-state index in [0.29, 0.717) is 24.1 Å². The lowest BCUT2D eigenvalue weighted by molar-refractivity contribution is -0.118. The fourth-order valence-corrected chi connectivity index (χ4v) is 3.57. The third kappa shape index (κ3) is 5.01. The molecule has 0 saturated carbocycles. The van der Waals surface area contributed by atoms with Crippen molar-refractivity contribution in [1.82, 2.24) is 40.2 Å². The molecule has 0 aliphatic heterocycles. The van der Waals surface area contributed by atoms with E-state index in [2.05, 4.69) is 42.6 Å². The number of para-hydroxylation sites is 1. The van der Waals surface area contributed by atoms with Gasteiger partial charge < -0.3 is 4.57 Å². The Labute approximate surface area is 182 Å². The van der Waals surface area contributed by atoms with Gasteiger partial charge >= 0.3 is 0 Å². The average molecular weight is 434 g/mol. The highest BCUT2D eigenvalue weighted by Crippen LogP contribution is 2.18. The molecule has 4 aromatic rings. The zero-order chi connectivity index (χ0) is 21.5. The van der Waals surface area contributed by atoms with Crippen molar-refractivity contribution in [2.24, 2.45) is 5.10 Å². The molecule has 0 radical (unpaired) electrons. The zero-order valence-corrected chi connectivity index (χ0v) is 17.3. The Morgan fingerprint density at radius 1 is 1.16 bits per heavy atom. The van der Waals surface area contributed by atoms with Crippen LogP contribution in [0.2, 0.25) is 0 Å². The summed E-state index contributed by atoms with van der Waals surface area (Å²) in [6, 6.07) is 11.3. The molecular formula is C20H19N9OS. The second kappa shape index (κ2) is 9.76. The molecule has 3 heterocycles. The maximum Gasteiger partial charge on any atom is 0.250 e. The predicted octanol–water partition coefficient (Wildman–Crippen LogP) is 1.89. The maximum absolute atomic E-state index is 12.1. The highest BCUT2D eigenvalue weighted by atomic mass is 32.2. The molecule has 156 valence electrons. The van der Waals surface area contributed by atoms with E-state index in [0.717, 1.165) is 16.6 Å². The lowest BCUT2D eigenvalue weighted by atomic mass is 10.3. The first kappa shape index (κ1) is 20.4. The lowest BCUT2D eigenvalue weighted by Gasteiger charge is -2.07. The van der Waals surface area contributed by atoms with Gasteiger partial charge in [0.25, 0.3) is 5.91 Å². The summed E-state index contributed by atoms with van der Waals surface area (Å²) in [6.45, 7) is 4.73. The summed E-state index contributed by atoms with van der Waals surface area (Å²) >= 11 is 1.28. The number of amides is 1. The second-order valence-corrected chi connectivity index (χ2v) is 7.34. The molecule has 4 rings (SSSR count). The Morgan fingerprint density at radius 3 is 2.84 bits per heavy atom. The summed E-state index contributed by atoms with van der Waals surface area (Å²) in [6.07, 6.45) is 6.64. The number of rotatable bonds is 9. The van der Waals surface area contributed by atoms with Crippen molar-refractivity contribution >= 4 is 34.9 Å². The molecule has 0 atom stereocenters. The number of carbonyl (C=O) groups excluding carboxylic acids is 1. The van der Waals surface area contributed by atoms with E-state index in [9.17, 15) is 4.79 Å². The van der Waals surface area contributed by atoms with Gasteiger partial charge in [-0.05, 0) is 29.8 Å². The Kier molecular flexibility index (Phi) is 6.43. The van der Waals surface area contributed by atoms with Crippen molar-refractivity contribution < 1.29 is 4.79 Å². The Morgan fingerprint density at radius 2 is 2.00 bits per heavy atom. The van der Waals surface area contributed by atoms with Gasteiger partial charge in [0.1, 0.15) is 12.1 Å². The molecule has 0 saturated heterocycles. The van der Waals surface area contributed by atoms with Crippen LogP contribution in [-0.2, 0) is 17.9 Å². The summed E-state index contributed by atoms with van der Waals surface area (Å²) in [7, 11) is 0. The molecule has 1 aromatic carbocycles. The van der Waals surface area contributed by atoms with Crippen molar-refractivity contribution in [1.29, 1.82) is 0 Å². The van der Waals surface area contributed by atoms with Gasteiger partial charge in [-0.25, -0.2) is 10.1 Å². The van der Waals surface area contributed by atoms with Crippen molar-refractivity contribution in [2.45, 2.75) is 18.2 Å². The summed E-state index contributed by atoms with van der Waals surface area (Å²) < 4.78 is 3.68. The zero-order valence-electron chi connectivity index (χ0n) is 16.5. The van der Waals surface area contributed by atoms with Crippen LogP contribution < -0.4 is 5.43 Å². The maximum atomic E-state index is 12.1. The van der Waals surface area contributed by atoms with Crippen molar-refractivity contribution in [2.75, 3.05) is 5.75 Å². The molecule has 11 heteroatoms. The number of hydrazone groups is 1. The Balaban J connectivity index is 1.40. The molecule has 3 aromatic heterocycles. The summed E-state index contributed by atoms with van der Waals surface area (Å²) in [5, 5.41) is 21.5. The van der Waals surface area contributed by atoms with Crippen LogP contribution in [0.5, 0.6) is 0 Å². The summed E-state index contributed by atoms with van der Waals surface area (Å²) in [5.41, 5.74) is 5.08. The van der Waals surface area contributed by atoms with Crippen LogP contribution in [0.25, 0.3) is 11.0 Å². The second-order valence-electron chi connectivity index (χ2n) is 6.40. The van der Waals surface area contributed by atoms with Crippen LogP contribution >= 0.6 is 11.8 Å². The third-order valence-corrected chi connectivity index (χ3v) is 5.22. The number of nitrogens with one attached hydrogen (secondary N) is 1. The number of aromatic nitrogens is 7. The number of nitrogens with zero attached hydrogens (tertiary/aromatic N) is 8. The molecular weight excluding hydrogens is 414 g/mol. The van der Waals surface area contributed by atoms with E-state index in [-0.39, 0.29) is 11.7 Å². The molecule has 31 heavy (non-hydrogen) atoms. The van der Waals surface area contributed by atoms with Crippen LogP contribution in [0, 0.1) is 0 Å². The fraction of sp³-hybridized carbons (Fsp3) is 0.150. The van der Waals surface area contributed by atoms with Gasteiger partial charge in [-0.1, -0.05) is 35.2 Å². The lowest BCUT2D eigenvalue weighted by Crippen LogP contribution is -2.20. The topological polar surface area (TPSA) is 116 Å². The minimum atomic E-state index is -0.243. The van der Waals surface area contributed by atoms with Crippen molar-refractivity contribution in [3.8, 4) is 0 Å². The van der Waals surface area contributed by atoms with Gasteiger partial charge in [0.15, 0.2) is 11.0 Å². The minimum Gasteiger partial charge on any atom is -0.301 e. The van der Waals surface area contributed by atoms with Gasteiger partial charge in [0.05, 0.1) is 17.5 Å². The number of thioether (sulfide) groups is 1. The molecule has 0 unspecified atom stereocenters. The third-order valence-electron chi connectivity index (χ3n) is 4.26. The Hall–Kier alpha value is -3.86. The number of pyridine rings is 1. The molecule has 0 aliphatic rings. The SMILES string of the molecule is C=CCn1c(Cn2nnc3ccccc32)nnc1SCC(=O)NN=Cc1ccncc1. The first-order chi connectivity index (χ1) is 15.2. The normalized spacial score (nSPS) is 11.2. The van der Waals surface area contributed by atoms with Crippen LogP contribution in [0.4, 0.5) is 0 Å². The molecule has 0 bridgehead atoms. The van der Waals surface area contributed by atoms with E-state index in [1.165, 1.54) is 11.8 Å². The van der Waals surface area contributed by atoms with Crippen LogP contribution in [0.3, 0.4) is 0 Å². The highest BCUT2D eigenvalue weighted by molar-refractivity contribution is 7.99. The largest absolute Gasteiger partial charge is 0.301 e. The number of benzene rings is 1. The monoisotopic (exact) mass is 433 g/mol. The van der Waals surface area contributed by atoms with Crippen molar-refractivity contribution in [3.63, 3.8) is 0 Å². The summed E-state index contributed by atoms with van der Waals surface area (Å²) in [4.78, 5) is 16.1. The molecule has 10 nitrogen and oxygen atoms in total. The fourth-order valence-electron chi connectivity index (χ4n) is 2.81. The predicted molar refractivity (Wildman–Crippen MR) is 118 cm³/mol. The summed E-state index contributed by atoms with van der Waals surface area (Å²) in [5.74, 6) is 0.608. The van der Waals surface area contributed by atoms with Gasteiger partial charge in [-0.3, -0.25) is 9.78 Å². The van der Waals surface area contributed by atoms with Gasteiger partial charge in [-0.15, -0.1) is 21.9 Å². The van der Waals surface area contributed by atoms with E-state index in [1.54, 1.807) is 41.5 Å². The highest BCUT2D eigenvalue weighted by Gasteiger charge is 2.15. The molecule has 0 spiro atoms. The number of hydrogen-bond acceptors (Lipinski definition) is 8. The van der Waals surface area contributed by atoms with E-state index in [4.69, 9.17) is 0 Å². The quantitative estimate of drug-likeness (QED) is 0.185. The molecule has 1 amide bonds. The van der Waals surface area contributed by atoms with Crippen LogP contribution in [0.15, 0.2) is 71.7 Å². The average Bonchev–Trinajstić information content (AvgIpc) is 3.38. The van der Waals surface area contributed by atoms with Gasteiger partial charge in [0, 0.05) is 18.9 Å². The molecule has 1 N–H and O–H groups in total.